The maximum absolute atomic E-state index is 12.7. The zero-order valence-electron chi connectivity index (χ0n) is 21.3. The van der Waals surface area contributed by atoms with Crippen LogP contribution in [0.25, 0.3) is 0 Å². The molecule has 1 aromatic heterocycles. The van der Waals surface area contributed by atoms with E-state index in [2.05, 4.69) is 24.3 Å². The summed E-state index contributed by atoms with van der Waals surface area (Å²) in [5.41, 5.74) is 3.67. The molecule has 3 rings (SSSR count). The van der Waals surface area contributed by atoms with Crippen LogP contribution >= 0.6 is 0 Å². The van der Waals surface area contributed by atoms with Crippen LogP contribution in [0.1, 0.15) is 67.8 Å². The Kier molecular flexibility index (Phi) is 9.58. The van der Waals surface area contributed by atoms with E-state index in [9.17, 15) is 4.79 Å². The van der Waals surface area contributed by atoms with E-state index in [1.54, 1.807) is 0 Å². The van der Waals surface area contributed by atoms with Gasteiger partial charge in [-0.2, -0.15) is 0 Å². The molecular weight excluding hydrogens is 444 g/mol. The molecule has 0 aliphatic rings. The van der Waals surface area contributed by atoms with Crippen LogP contribution in [0.3, 0.4) is 0 Å². The molecule has 1 N–H and O–H groups in total. The Labute approximate surface area is 207 Å². The summed E-state index contributed by atoms with van der Waals surface area (Å²) < 4.78 is 22.7. The number of nitrogens with one attached hydrogen (secondary N) is 1. The van der Waals surface area contributed by atoms with E-state index in [0.29, 0.717) is 25.6 Å². The molecule has 7 nitrogen and oxygen atoms in total. The average Bonchev–Trinajstić information content (AvgIpc) is 3.17. The summed E-state index contributed by atoms with van der Waals surface area (Å²) in [5.74, 6) is 2.89. The zero-order chi connectivity index (χ0) is 25.2. The number of hydrogen-bond acceptors (Lipinski definition) is 6. The number of rotatable bonds is 13. The van der Waals surface area contributed by atoms with Gasteiger partial charge in [0, 0.05) is 0 Å². The lowest BCUT2D eigenvalue weighted by molar-refractivity contribution is -0.121. The Balaban J connectivity index is 1.55. The van der Waals surface area contributed by atoms with Crippen LogP contribution in [-0.2, 0) is 17.8 Å². The first-order valence-corrected chi connectivity index (χ1v) is 12.2. The Morgan fingerprint density at radius 3 is 2.29 bits per heavy atom. The minimum atomic E-state index is -0.163. The summed E-state index contributed by atoms with van der Waals surface area (Å²) in [6.07, 6.45) is 2.12. The number of nitrogens with zero attached hydrogens (tertiary/aromatic N) is 1. The third-order valence-corrected chi connectivity index (χ3v) is 5.62. The molecule has 0 spiro atoms. The number of aromatic nitrogens is 1. The van der Waals surface area contributed by atoms with Crippen molar-refractivity contribution in [2.24, 2.45) is 0 Å². The Hall–Kier alpha value is -3.48. The fraction of sp³-hybridized carbons (Fsp3) is 0.429. The van der Waals surface area contributed by atoms with Crippen LogP contribution in [0.15, 0.2) is 47.0 Å². The summed E-state index contributed by atoms with van der Waals surface area (Å²) in [6, 6.07) is 13.2. The van der Waals surface area contributed by atoms with Crippen molar-refractivity contribution in [3.05, 3.63) is 70.6 Å². The second-order valence-corrected chi connectivity index (χ2v) is 8.60. The van der Waals surface area contributed by atoms with Gasteiger partial charge in [0.25, 0.3) is 0 Å². The SMILES string of the molecule is CCCOc1ccc(C(C)NC(=O)Cc2ccc(OCc3c(C)noc3C)cc2)cc1OCCC. The minimum Gasteiger partial charge on any atom is -0.490 e. The molecular formula is C28H36N2O5. The van der Waals surface area contributed by atoms with Gasteiger partial charge in [-0.1, -0.05) is 37.2 Å². The predicted molar refractivity (Wildman–Crippen MR) is 135 cm³/mol. The number of aryl methyl sites for hydroxylation is 2. The van der Waals surface area contributed by atoms with Crippen molar-refractivity contribution in [1.29, 1.82) is 0 Å². The van der Waals surface area contributed by atoms with Gasteiger partial charge >= 0.3 is 0 Å². The van der Waals surface area contributed by atoms with Gasteiger partial charge in [-0.15, -0.1) is 0 Å². The molecule has 1 atom stereocenters. The molecule has 0 bridgehead atoms. The molecule has 1 unspecified atom stereocenters. The van der Waals surface area contributed by atoms with E-state index < -0.39 is 0 Å². The molecule has 35 heavy (non-hydrogen) atoms. The first-order chi connectivity index (χ1) is 16.9. The van der Waals surface area contributed by atoms with E-state index in [-0.39, 0.29) is 18.4 Å². The van der Waals surface area contributed by atoms with Gasteiger partial charge in [-0.05, 0) is 69.0 Å². The summed E-state index contributed by atoms with van der Waals surface area (Å²) >= 11 is 0. The highest BCUT2D eigenvalue weighted by molar-refractivity contribution is 5.79. The Morgan fingerprint density at radius 1 is 0.971 bits per heavy atom. The van der Waals surface area contributed by atoms with Crippen molar-refractivity contribution in [3.63, 3.8) is 0 Å². The first-order valence-electron chi connectivity index (χ1n) is 12.2. The summed E-state index contributed by atoms with van der Waals surface area (Å²) in [5, 5.41) is 7.02. The van der Waals surface area contributed by atoms with Crippen LogP contribution < -0.4 is 19.5 Å². The number of hydrogen-bond donors (Lipinski definition) is 1. The molecule has 2 aromatic carbocycles. The van der Waals surface area contributed by atoms with Crippen LogP contribution in [-0.4, -0.2) is 24.3 Å². The van der Waals surface area contributed by atoms with Crippen molar-refractivity contribution in [1.82, 2.24) is 10.5 Å². The second kappa shape index (κ2) is 12.8. The largest absolute Gasteiger partial charge is 0.490 e. The average molecular weight is 481 g/mol. The van der Waals surface area contributed by atoms with E-state index in [0.717, 1.165) is 52.5 Å². The number of amides is 1. The second-order valence-electron chi connectivity index (χ2n) is 8.60. The van der Waals surface area contributed by atoms with Crippen molar-refractivity contribution in [2.75, 3.05) is 13.2 Å². The predicted octanol–water partition coefficient (Wildman–Crippen LogP) is 5.87. The van der Waals surface area contributed by atoms with Crippen molar-refractivity contribution >= 4 is 5.91 Å². The van der Waals surface area contributed by atoms with Crippen molar-refractivity contribution in [2.45, 2.75) is 66.5 Å². The lowest BCUT2D eigenvalue weighted by Gasteiger charge is -2.18. The maximum atomic E-state index is 12.7. The van der Waals surface area contributed by atoms with Gasteiger partial charge in [0.2, 0.25) is 5.91 Å². The highest BCUT2D eigenvalue weighted by Gasteiger charge is 2.14. The number of ether oxygens (including phenoxy) is 3. The van der Waals surface area contributed by atoms with Crippen molar-refractivity contribution < 1.29 is 23.5 Å². The number of carbonyl (C=O) groups is 1. The molecule has 0 radical (unpaired) electrons. The molecule has 1 heterocycles. The molecule has 0 aliphatic carbocycles. The zero-order valence-corrected chi connectivity index (χ0v) is 21.3. The fourth-order valence-corrected chi connectivity index (χ4v) is 3.58. The van der Waals surface area contributed by atoms with Gasteiger partial charge in [0.1, 0.15) is 18.1 Å². The third kappa shape index (κ3) is 7.50. The van der Waals surface area contributed by atoms with Gasteiger partial charge in [0.05, 0.1) is 36.9 Å². The first kappa shape index (κ1) is 26.1. The summed E-state index contributed by atoms with van der Waals surface area (Å²) in [4.78, 5) is 12.7. The van der Waals surface area contributed by atoms with Crippen LogP contribution in [0, 0.1) is 13.8 Å². The van der Waals surface area contributed by atoms with E-state index in [1.165, 1.54) is 0 Å². The molecule has 0 fully saturated rings. The highest BCUT2D eigenvalue weighted by atomic mass is 16.5. The fourth-order valence-electron chi connectivity index (χ4n) is 3.58. The van der Waals surface area contributed by atoms with Crippen molar-refractivity contribution in [3.8, 4) is 17.2 Å². The lowest BCUT2D eigenvalue weighted by Crippen LogP contribution is -2.28. The summed E-state index contributed by atoms with van der Waals surface area (Å²) in [7, 11) is 0. The molecule has 3 aromatic rings. The molecule has 188 valence electrons. The Morgan fingerprint density at radius 2 is 1.66 bits per heavy atom. The van der Waals surface area contributed by atoms with Gasteiger partial charge in [-0.3, -0.25) is 4.79 Å². The number of benzene rings is 2. The standard InChI is InChI=1S/C28H36N2O5/c1-6-14-32-26-13-10-23(17-27(26)33-15-7-2)19(3)29-28(31)16-22-8-11-24(12-9-22)34-18-25-20(4)30-35-21(25)5/h8-13,17,19H,6-7,14-16,18H2,1-5H3,(H,29,31). The van der Waals surface area contributed by atoms with E-state index in [1.807, 2.05) is 63.2 Å². The third-order valence-electron chi connectivity index (χ3n) is 5.62. The molecule has 7 heteroatoms. The molecule has 0 saturated carbocycles. The van der Waals surface area contributed by atoms with Gasteiger partial charge in [-0.25, -0.2) is 0 Å². The van der Waals surface area contributed by atoms with Crippen LogP contribution in [0.2, 0.25) is 0 Å². The molecule has 0 aliphatic heterocycles. The Bertz CT molecular complexity index is 1070. The molecule has 1 amide bonds. The van der Waals surface area contributed by atoms with Crippen LogP contribution in [0.5, 0.6) is 17.2 Å². The minimum absolute atomic E-state index is 0.0516. The smallest absolute Gasteiger partial charge is 0.224 e. The van der Waals surface area contributed by atoms with Crippen LogP contribution in [0.4, 0.5) is 0 Å². The normalized spacial score (nSPS) is 11.7. The summed E-state index contributed by atoms with van der Waals surface area (Å²) in [6.45, 7) is 11.5. The highest BCUT2D eigenvalue weighted by Crippen LogP contribution is 2.31. The molecule has 0 saturated heterocycles. The quantitative estimate of drug-likeness (QED) is 0.330. The maximum Gasteiger partial charge on any atom is 0.224 e. The lowest BCUT2D eigenvalue weighted by atomic mass is 10.1. The van der Waals surface area contributed by atoms with E-state index >= 15 is 0 Å². The number of carbonyl (C=O) groups excluding carboxylic acids is 1. The topological polar surface area (TPSA) is 82.8 Å². The van der Waals surface area contributed by atoms with Gasteiger partial charge in [0.15, 0.2) is 11.5 Å². The van der Waals surface area contributed by atoms with Gasteiger partial charge < -0.3 is 24.1 Å². The van der Waals surface area contributed by atoms with E-state index in [4.69, 9.17) is 18.7 Å². The monoisotopic (exact) mass is 480 g/mol.